The second kappa shape index (κ2) is 8.01. The highest BCUT2D eigenvalue weighted by Crippen LogP contribution is 2.07. The van der Waals surface area contributed by atoms with E-state index in [0.29, 0.717) is 6.04 Å². The molecule has 0 aromatic carbocycles. The lowest BCUT2D eigenvalue weighted by molar-refractivity contribution is 0.132. The fourth-order valence-corrected chi connectivity index (χ4v) is 2.11. The van der Waals surface area contributed by atoms with Gasteiger partial charge < -0.3 is 20.3 Å². The quantitative estimate of drug-likeness (QED) is 0.685. The maximum atomic E-state index is 5.89. The highest BCUT2D eigenvalue weighted by atomic mass is 16.5. The minimum atomic E-state index is 0.437. The molecule has 4 heteroatoms. The molecule has 0 bridgehead atoms. The van der Waals surface area contributed by atoms with Crippen molar-refractivity contribution in [3.8, 4) is 0 Å². The summed E-state index contributed by atoms with van der Waals surface area (Å²) in [5, 5.41) is 0. The molecule has 1 aliphatic rings. The molecule has 4 nitrogen and oxygen atoms in total. The predicted molar refractivity (Wildman–Crippen MR) is 67.6 cm³/mol. The van der Waals surface area contributed by atoms with Crippen molar-refractivity contribution in [2.24, 2.45) is 5.73 Å². The lowest BCUT2D eigenvalue weighted by Gasteiger charge is -2.32. The van der Waals surface area contributed by atoms with Crippen LogP contribution in [0.3, 0.4) is 0 Å². The van der Waals surface area contributed by atoms with Crippen molar-refractivity contribution in [2.75, 3.05) is 53.0 Å². The molecule has 0 saturated carbocycles. The van der Waals surface area contributed by atoms with Gasteiger partial charge in [0, 0.05) is 32.8 Å². The van der Waals surface area contributed by atoms with Crippen molar-refractivity contribution in [1.29, 1.82) is 0 Å². The molecule has 0 amide bonds. The number of likely N-dealkylation sites (tertiary alicyclic amines) is 1. The number of piperidine rings is 1. The standard InChI is InChI=1S/C12H27N3O/c1-3-14(10-11-16-2)8-9-15-6-4-12(13)5-7-15/h12H,3-11,13H2,1-2H3. The zero-order chi connectivity index (χ0) is 11.8. The van der Waals surface area contributed by atoms with Gasteiger partial charge >= 0.3 is 0 Å². The fraction of sp³-hybridized carbons (Fsp3) is 1.00. The number of hydrogen-bond donors (Lipinski definition) is 1. The van der Waals surface area contributed by atoms with Crippen molar-refractivity contribution in [2.45, 2.75) is 25.8 Å². The summed E-state index contributed by atoms with van der Waals surface area (Å²) in [4.78, 5) is 4.97. The van der Waals surface area contributed by atoms with Gasteiger partial charge in [-0.05, 0) is 32.5 Å². The van der Waals surface area contributed by atoms with E-state index in [1.807, 2.05) is 0 Å². The molecule has 0 atom stereocenters. The number of ether oxygens (including phenoxy) is 1. The van der Waals surface area contributed by atoms with E-state index in [4.69, 9.17) is 10.5 Å². The summed E-state index contributed by atoms with van der Waals surface area (Å²) >= 11 is 0. The number of nitrogens with zero attached hydrogens (tertiary/aromatic N) is 2. The first-order chi connectivity index (χ1) is 7.76. The largest absolute Gasteiger partial charge is 0.383 e. The molecule has 0 radical (unpaired) electrons. The van der Waals surface area contributed by atoms with Crippen LogP contribution >= 0.6 is 0 Å². The molecule has 0 aliphatic carbocycles. The summed E-state index contributed by atoms with van der Waals surface area (Å²) in [6.07, 6.45) is 2.31. The highest BCUT2D eigenvalue weighted by Gasteiger charge is 2.16. The van der Waals surface area contributed by atoms with E-state index >= 15 is 0 Å². The second-order valence-corrected chi connectivity index (χ2v) is 4.61. The van der Waals surface area contributed by atoms with Gasteiger partial charge in [-0.1, -0.05) is 6.92 Å². The van der Waals surface area contributed by atoms with E-state index in [1.54, 1.807) is 7.11 Å². The number of methoxy groups -OCH3 is 1. The van der Waals surface area contributed by atoms with Crippen LogP contribution in [0, 0.1) is 0 Å². The van der Waals surface area contributed by atoms with E-state index in [1.165, 1.54) is 19.6 Å². The molecule has 1 rings (SSSR count). The van der Waals surface area contributed by atoms with E-state index in [9.17, 15) is 0 Å². The number of rotatable bonds is 7. The lowest BCUT2D eigenvalue weighted by Crippen LogP contribution is -2.43. The molecule has 0 aromatic heterocycles. The molecule has 0 aromatic rings. The summed E-state index contributed by atoms with van der Waals surface area (Å²) in [7, 11) is 1.76. The van der Waals surface area contributed by atoms with Crippen LogP contribution in [0.25, 0.3) is 0 Å². The van der Waals surface area contributed by atoms with E-state index in [2.05, 4.69) is 16.7 Å². The first kappa shape index (κ1) is 13.9. The normalized spacial score (nSPS) is 19.5. The molecular weight excluding hydrogens is 202 g/mol. The Hall–Kier alpha value is -0.160. The molecule has 1 saturated heterocycles. The molecule has 1 fully saturated rings. The number of likely N-dealkylation sites (N-methyl/N-ethyl adjacent to an activating group) is 1. The van der Waals surface area contributed by atoms with Crippen molar-refractivity contribution < 1.29 is 4.74 Å². The highest BCUT2D eigenvalue weighted by molar-refractivity contribution is 4.74. The van der Waals surface area contributed by atoms with E-state index in [0.717, 1.165) is 39.1 Å². The minimum Gasteiger partial charge on any atom is -0.383 e. The number of hydrogen-bond acceptors (Lipinski definition) is 4. The van der Waals surface area contributed by atoms with Gasteiger partial charge in [0.25, 0.3) is 0 Å². The van der Waals surface area contributed by atoms with Gasteiger partial charge in [0.15, 0.2) is 0 Å². The van der Waals surface area contributed by atoms with Crippen molar-refractivity contribution in [1.82, 2.24) is 9.80 Å². The summed E-state index contributed by atoms with van der Waals surface area (Å²) in [5.41, 5.74) is 5.89. The van der Waals surface area contributed by atoms with Gasteiger partial charge in [-0.2, -0.15) is 0 Å². The Morgan fingerprint density at radius 1 is 1.31 bits per heavy atom. The van der Waals surface area contributed by atoms with Gasteiger partial charge in [-0.3, -0.25) is 0 Å². The van der Waals surface area contributed by atoms with Crippen LogP contribution in [-0.2, 0) is 4.74 Å². The van der Waals surface area contributed by atoms with Gasteiger partial charge in [0.1, 0.15) is 0 Å². The predicted octanol–water partition coefficient (Wildman–Crippen LogP) is 0.378. The first-order valence-corrected chi connectivity index (χ1v) is 6.45. The SMILES string of the molecule is CCN(CCOC)CCN1CCC(N)CC1. The van der Waals surface area contributed by atoms with Crippen LogP contribution < -0.4 is 5.73 Å². The maximum absolute atomic E-state index is 5.89. The molecule has 1 aliphatic heterocycles. The van der Waals surface area contributed by atoms with Crippen molar-refractivity contribution in [3.63, 3.8) is 0 Å². The third kappa shape index (κ3) is 5.25. The van der Waals surface area contributed by atoms with Gasteiger partial charge in [-0.25, -0.2) is 0 Å². The van der Waals surface area contributed by atoms with Crippen LogP contribution in [0.5, 0.6) is 0 Å². The Morgan fingerprint density at radius 3 is 2.56 bits per heavy atom. The molecule has 16 heavy (non-hydrogen) atoms. The third-order valence-corrected chi connectivity index (χ3v) is 3.42. The fourth-order valence-electron chi connectivity index (χ4n) is 2.11. The maximum Gasteiger partial charge on any atom is 0.0589 e. The molecule has 0 unspecified atom stereocenters. The summed E-state index contributed by atoms with van der Waals surface area (Å²) in [6.45, 7) is 9.85. The van der Waals surface area contributed by atoms with Crippen molar-refractivity contribution in [3.05, 3.63) is 0 Å². The molecular formula is C12H27N3O. The Balaban J connectivity index is 2.11. The molecule has 96 valence electrons. The Morgan fingerprint density at radius 2 is 2.00 bits per heavy atom. The van der Waals surface area contributed by atoms with Crippen LogP contribution in [0.2, 0.25) is 0 Å². The minimum absolute atomic E-state index is 0.437. The summed E-state index contributed by atoms with van der Waals surface area (Å²) < 4.78 is 5.11. The van der Waals surface area contributed by atoms with Gasteiger partial charge in [0.05, 0.1) is 6.61 Å². The Kier molecular flexibility index (Phi) is 6.96. The van der Waals surface area contributed by atoms with E-state index in [-0.39, 0.29) is 0 Å². The average Bonchev–Trinajstić information content (AvgIpc) is 2.32. The lowest BCUT2D eigenvalue weighted by atomic mass is 10.1. The summed E-state index contributed by atoms with van der Waals surface area (Å²) in [5.74, 6) is 0. The molecule has 1 heterocycles. The van der Waals surface area contributed by atoms with Gasteiger partial charge in [-0.15, -0.1) is 0 Å². The van der Waals surface area contributed by atoms with Crippen LogP contribution in [0.1, 0.15) is 19.8 Å². The van der Waals surface area contributed by atoms with E-state index < -0.39 is 0 Å². The zero-order valence-electron chi connectivity index (χ0n) is 10.8. The van der Waals surface area contributed by atoms with Crippen LogP contribution in [0.4, 0.5) is 0 Å². The zero-order valence-corrected chi connectivity index (χ0v) is 10.8. The Labute approximate surface area is 99.7 Å². The topological polar surface area (TPSA) is 41.7 Å². The Bertz CT molecular complexity index is 165. The number of nitrogens with two attached hydrogens (primary N) is 1. The summed E-state index contributed by atoms with van der Waals surface area (Å²) in [6, 6.07) is 0.437. The molecule has 2 N–H and O–H groups in total. The van der Waals surface area contributed by atoms with Gasteiger partial charge in [0.2, 0.25) is 0 Å². The van der Waals surface area contributed by atoms with Crippen molar-refractivity contribution >= 4 is 0 Å². The second-order valence-electron chi connectivity index (χ2n) is 4.61. The smallest absolute Gasteiger partial charge is 0.0589 e. The average molecular weight is 229 g/mol. The molecule has 0 spiro atoms. The monoisotopic (exact) mass is 229 g/mol. The third-order valence-electron chi connectivity index (χ3n) is 3.42. The first-order valence-electron chi connectivity index (χ1n) is 6.45. The van der Waals surface area contributed by atoms with Crippen LogP contribution in [0.15, 0.2) is 0 Å². The van der Waals surface area contributed by atoms with Crippen LogP contribution in [-0.4, -0.2) is 68.8 Å².